The highest BCUT2D eigenvalue weighted by Crippen LogP contribution is 2.31. The fourth-order valence-electron chi connectivity index (χ4n) is 5.77. The van der Waals surface area contributed by atoms with E-state index in [2.05, 4.69) is 10.6 Å². The molecule has 1 heterocycles. The van der Waals surface area contributed by atoms with Crippen LogP contribution in [0.15, 0.2) is 115 Å². The monoisotopic (exact) mass is 620 g/mol. The van der Waals surface area contributed by atoms with E-state index in [0.29, 0.717) is 43.8 Å². The van der Waals surface area contributed by atoms with Gasteiger partial charge in [0.15, 0.2) is 0 Å². The number of ether oxygens (including phenoxy) is 2. The topological polar surface area (TPSA) is 123 Å². The number of para-hydroxylation sites is 1. The summed E-state index contributed by atoms with van der Waals surface area (Å²) in [5.74, 6) is -1.17. The van der Waals surface area contributed by atoms with Gasteiger partial charge in [0.25, 0.3) is 11.8 Å². The minimum Gasteiger partial charge on any atom is -0.452 e. The number of methoxy groups -OCH3 is 1. The lowest BCUT2D eigenvalue weighted by Gasteiger charge is -2.31. The molecule has 0 aliphatic carbocycles. The predicted octanol–water partition coefficient (Wildman–Crippen LogP) is 4.67. The van der Waals surface area contributed by atoms with Crippen LogP contribution < -0.4 is 21.3 Å². The molecule has 1 aliphatic heterocycles. The van der Waals surface area contributed by atoms with Crippen LogP contribution in [0.4, 0.5) is 10.5 Å². The first kappa shape index (κ1) is 32.6. The van der Waals surface area contributed by atoms with Crippen LogP contribution in [0.3, 0.4) is 0 Å². The van der Waals surface area contributed by atoms with Crippen molar-refractivity contribution >= 4 is 23.6 Å². The molecular weight excluding hydrogens is 580 g/mol. The number of anilines is 1. The molecule has 0 saturated carbocycles. The van der Waals surface area contributed by atoms with Crippen LogP contribution in [0, 0.1) is 0 Å². The minimum absolute atomic E-state index is 0.00713. The lowest BCUT2D eigenvalue weighted by molar-refractivity contribution is -0.119. The Labute approximate surface area is 269 Å². The third-order valence-corrected chi connectivity index (χ3v) is 8.22. The number of hydrogen-bond donors (Lipinski definition) is 3. The maximum absolute atomic E-state index is 14.2. The number of rotatable bonds is 11. The predicted molar refractivity (Wildman–Crippen MR) is 178 cm³/mol. The van der Waals surface area contributed by atoms with Crippen LogP contribution in [-0.2, 0) is 20.7 Å². The van der Waals surface area contributed by atoms with E-state index in [-0.39, 0.29) is 18.1 Å². The largest absolute Gasteiger partial charge is 0.452 e. The number of benzene rings is 4. The van der Waals surface area contributed by atoms with Crippen molar-refractivity contribution in [2.45, 2.75) is 36.9 Å². The van der Waals surface area contributed by atoms with Crippen LogP contribution in [0.1, 0.15) is 39.4 Å². The highest BCUT2D eigenvalue weighted by molar-refractivity contribution is 6.15. The second kappa shape index (κ2) is 15.9. The first-order chi connectivity index (χ1) is 22.5. The van der Waals surface area contributed by atoms with Gasteiger partial charge in [-0.25, -0.2) is 9.69 Å². The van der Waals surface area contributed by atoms with Crippen molar-refractivity contribution in [1.82, 2.24) is 10.6 Å². The quantitative estimate of drug-likeness (QED) is 0.223. The number of carbonyl (C=O) groups is 3. The zero-order valence-corrected chi connectivity index (χ0v) is 25.9. The molecule has 0 spiro atoms. The summed E-state index contributed by atoms with van der Waals surface area (Å²) in [7, 11) is 1.25. The van der Waals surface area contributed by atoms with Crippen LogP contribution in [-0.4, -0.2) is 62.9 Å². The van der Waals surface area contributed by atoms with Crippen molar-refractivity contribution in [1.29, 1.82) is 0 Å². The second-order valence-electron chi connectivity index (χ2n) is 11.3. The molecule has 0 unspecified atom stereocenters. The van der Waals surface area contributed by atoms with E-state index >= 15 is 0 Å². The summed E-state index contributed by atoms with van der Waals surface area (Å²) < 4.78 is 11.2. The van der Waals surface area contributed by atoms with Gasteiger partial charge in [0.2, 0.25) is 0 Å². The summed E-state index contributed by atoms with van der Waals surface area (Å²) in [4.78, 5) is 40.8. The third-order valence-electron chi connectivity index (χ3n) is 8.22. The number of hydrogen-bond acceptors (Lipinski definition) is 7. The van der Waals surface area contributed by atoms with Crippen LogP contribution in [0.5, 0.6) is 0 Å². The van der Waals surface area contributed by atoms with E-state index in [1.807, 2.05) is 91.0 Å². The van der Waals surface area contributed by atoms with Crippen molar-refractivity contribution in [2.75, 3.05) is 31.7 Å². The summed E-state index contributed by atoms with van der Waals surface area (Å²) in [5.41, 5.74) is 10.3. The minimum atomic E-state index is -1.07. The normalized spacial score (nSPS) is 16.8. The summed E-state index contributed by atoms with van der Waals surface area (Å²) in [6.07, 6.45) is 0.316. The summed E-state index contributed by atoms with van der Waals surface area (Å²) >= 11 is 0. The molecule has 4 N–H and O–H groups in total. The highest BCUT2D eigenvalue weighted by atomic mass is 16.5. The number of imide groups is 1. The molecule has 1 fully saturated rings. The Kier molecular flexibility index (Phi) is 11.3. The average molecular weight is 621 g/mol. The molecule has 4 aromatic rings. The number of nitrogens with one attached hydrogen (secondary N) is 2. The molecule has 9 heteroatoms. The van der Waals surface area contributed by atoms with Gasteiger partial charge >= 0.3 is 6.09 Å². The fraction of sp³-hybridized carbons (Fsp3) is 0.270. The number of carbonyl (C=O) groups excluding carboxylic acids is 3. The van der Waals surface area contributed by atoms with E-state index in [1.165, 1.54) is 7.11 Å². The van der Waals surface area contributed by atoms with Crippen molar-refractivity contribution in [3.8, 4) is 0 Å². The zero-order chi connectivity index (χ0) is 32.3. The third kappa shape index (κ3) is 8.06. The second-order valence-corrected chi connectivity index (χ2v) is 11.3. The van der Waals surface area contributed by atoms with Gasteiger partial charge in [0.05, 0.1) is 31.5 Å². The Morgan fingerprint density at radius 2 is 1.48 bits per heavy atom. The molecule has 46 heavy (non-hydrogen) atoms. The number of nitrogens with zero attached hydrogens (tertiary/aromatic N) is 1. The molecule has 0 bridgehead atoms. The first-order valence-electron chi connectivity index (χ1n) is 15.5. The standard InChI is InChI=1S/C37H40N4O5/c1-45-37(44)41(36(43)34(38)33(27-14-5-2-6-15-27)28-16-7-3-8-17-28)32-20-12-11-13-26(32)21-22-31-24-39-30(25-46-31)23-40-35(42)29-18-9-4-10-19-29/h2-20,30-31,33-34,39H,21-25,38H2,1H3,(H,40,42)/t30-,31-,34+/m1/s1. The Morgan fingerprint density at radius 3 is 2.07 bits per heavy atom. The molecule has 1 aliphatic rings. The number of amides is 3. The molecule has 9 nitrogen and oxygen atoms in total. The number of aryl methyl sites for hydroxylation is 1. The lowest BCUT2D eigenvalue weighted by Crippen LogP contribution is -2.51. The first-order valence-corrected chi connectivity index (χ1v) is 15.5. The molecule has 1 saturated heterocycles. The van der Waals surface area contributed by atoms with Gasteiger partial charge in [0.1, 0.15) is 0 Å². The average Bonchev–Trinajstić information content (AvgIpc) is 3.12. The molecule has 5 rings (SSSR count). The number of nitrogens with two attached hydrogens (primary N) is 1. The Balaban J connectivity index is 1.25. The van der Waals surface area contributed by atoms with E-state index < -0.39 is 24.0 Å². The molecule has 0 aromatic heterocycles. The van der Waals surface area contributed by atoms with Gasteiger partial charge in [-0.3, -0.25) is 9.59 Å². The van der Waals surface area contributed by atoms with Crippen LogP contribution in [0.25, 0.3) is 0 Å². The van der Waals surface area contributed by atoms with Crippen molar-refractivity contribution in [3.63, 3.8) is 0 Å². The summed E-state index contributed by atoms with van der Waals surface area (Å²) in [6.45, 7) is 1.50. The molecule has 238 valence electrons. The van der Waals surface area contributed by atoms with E-state index in [0.717, 1.165) is 21.6 Å². The zero-order valence-electron chi connectivity index (χ0n) is 25.9. The molecule has 3 atom stereocenters. The summed E-state index contributed by atoms with van der Waals surface area (Å²) in [6, 6.07) is 34.5. The molecule has 0 radical (unpaired) electrons. The van der Waals surface area contributed by atoms with Crippen molar-refractivity contribution in [3.05, 3.63) is 138 Å². The van der Waals surface area contributed by atoms with Crippen molar-refractivity contribution in [2.24, 2.45) is 5.73 Å². The van der Waals surface area contributed by atoms with Crippen LogP contribution in [0.2, 0.25) is 0 Å². The maximum Gasteiger partial charge on any atom is 0.420 e. The van der Waals surface area contributed by atoms with E-state index in [9.17, 15) is 14.4 Å². The van der Waals surface area contributed by atoms with E-state index in [1.54, 1.807) is 24.3 Å². The van der Waals surface area contributed by atoms with Gasteiger partial charge in [0, 0.05) is 30.6 Å². The Hall–Kier alpha value is -4.83. The smallest absolute Gasteiger partial charge is 0.420 e. The SMILES string of the molecule is COC(=O)N(C(=O)[C@@H](N)C(c1ccccc1)c1ccccc1)c1ccccc1CC[C@@H]1CN[C@H](CNC(=O)c2ccccc2)CO1. The summed E-state index contributed by atoms with van der Waals surface area (Å²) in [5, 5.41) is 6.41. The van der Waals surface area contributed by atoms with Gasteiger partial charge < -0.3 is 25.8 Å². The fourth-order valence-corrected chi connectivity index (χ4v) is 5.77. The van der Waals surface area contributed by atoms with Gasteiger partial charge in [-0.2, -0.15) is 0 Å². The van der Waals surface area contributed by atoms with Crippen molar-refractivity contribution < 1.29 is 23.9 Å². The van der Waals surface area contributed by atoms with Gasteiger partial charge in [-0.05, 0) is 47.7 Å². The Morgan fingerprint density at radius 1 is 0.891 bits per heavy atom. The lowest BCUT2D eigenvalue weighted by atomic mass is 9.84. The number of morpholine rings is 1. The highest BCUT2D eigenvalue weighted by Gasteiger charge is 2.36. The van der Waals surface area contributed by atoms with Crippen LogP contribution >= 0.6 is 0 Å². The van der Waals surface area contributed by atoms with Gasteiger partial charge in [-0.1, -0.05) is 97.1 Å². The molecule has 3 amide bonds. The Bertz CT molecular complexity index is 1540. The van der Waals surface area contributed by atoms with E-state index in [4.69, 9.17) is 15.2 Å². The maximum atomic E-state index is 14.2. The molecule has 4 aromatic carbocycles. The molecular formula is C37H40N4O5. The van der Waals surface area contributed by atoms with Gasteiger partial charge in [-0.15, -0.1) is 0 Å².